The van der Waals surface area contributed by atoms with Crippen LogP contribution in [0.25, 0.3) is 0 Å². The number of carbonyl (C=O) groups is 2. The van der Waals surface area contributed by atoms with Crippen LogP contribution in [0.2, 0.25) is 0 Å². The Morgan fingerprint density at radius 2 is 1.71 bits per heavy atom. The number of hydrogen-bond donors (Lipinski definition) is 3. The fourth-order valence-electron chi connectivity index (χ4n) is 1.81. The van der Waals surface area contributed by atoms with Crippen LogP contribution in [-0.2, 0) is 21.4 Å². The minimum Gasteiger partial charge on any atom is -0.272 e. The van der Waals surface area contributed by atoms with Crippen molar-refractivity contribution < 1.29 is 18.0 Å². The van der Waals surface area contributed by atoms with Gasteiger partial charge in [-0.1, -0.05) is 30.3 Å². The molecule has 0 atom stereocenters. The average Bonchev–Trinajstić information content (AvgIpc) is 2.49. The average molecular weight is 358 g/mol. The predicted molar refractivity (Wildman–Crippen MR) is 87.8 cm³/mol. The topological polar surface area (TPSA) is 114 Å². The molecule has 0 aliphatic carbocycles. The Labute approximate surface area is 141 Å². The van der Waals surface area contributed by atoms with Gasteiger partial charge in [-0.25, -0.2) is 29.1 Å². The first-order valence-corrected chi connectivity index (χ1v) is 8.85. The summed E-state index contributed by atoms with van der Waals surface area (Å²) >= 11 is 0. The molecule has 0 bridgehead atoms. The molecule has 0 aliphatic rings. The molecule has 3 amide bonds. The van der Waals surface area contributed by atoms with E-state index < -0.39 is 22.0 Å². The molecule has 0 heterocycles. The van der Waals surface area contributed by atoms with Gasteiger partial charge in [0.2, 0.25) is 10.0 Å². The minimum atomic E-state index is -3.64. The molecule has 3 N–H and O–H groups in total. The summed E-state index contributed by atoms with van der Waals surface area (Å²) in [6.07, 6.45) is 0.916. The standard InChI is InChI=1S/C13H22N6O4S/c1-11(20)18(14-2)19(13(21)17(3)16-24(4,22)23)15-10-12-8-6-5-7-9-12/h5-9,14-16H,10H2,1-4H3. The van der Waals surface area contributed by atoms with E-state index in [1.807, 2.05) is 35.2 Å². The third kappa shape index (κ3) is 6.12. The fraction of sp³-hybridized carbons (Fsp3) is 0.385. The Kier molecular flexibility index (Phi) is 7.10. The number of rotatable bonds is 6. The van der Waals surface area contributed by atoms with Crippen LogP contribution in [0.5, 0.6) is 0 Å². The van der Waals surface area contributed by atoms with Gasteiger partial charge < -0.3 is 0 Å². The van der Waals surface area contributed by atoms with Crippen LogP contribution >= 0.6 is 0 Å². The molecule has 11 heteroatoms. The third-order valence-corrected chi connectivity index (χ3v) is 3.36. The number of hydrogen-bond acceptors (Lipinski definition) is 6. The SMILES string of the molecule is CNN(C(C)=O)N(NCc1ccccc1)C(=O)N(C)NS(C)(=O)=O. The molecule has 0 radical (unpaired) electrons. The second-order valence-electron chi connectivity index (χ2n) is 4.89. The number of benzene rings is 1. The van der Waals surface area contributed by atoms with Crippen molar-refractivity contribution >= 4 is 22.0 Å². The Balaban J connectivity index is 2.95. The molecule has 0 aliphatic heterocycles. The summed E-state index contributed by atoms with van der Waals surface area (Å²) in [5, 5.41) is 2.56. The highest BCUT2D eigenvalue weighted by Crippen LogP contribution is 2.02. The van der Waals surface area contributed by atoms with Gasteiger partial charge in [0.25, 0.3) is 5.91 Å². The van der Waals surface area contributed by atoms with Crippen molar-refractivity contribution in [1.29, 1.82) is 0 Å². The summed E-state index contributed by atoms with van der Waals surface area (Å²) in [5.41, 5.74) is 6.21. The molecular weight excluding hydrogens is 336 g/mol. The first-order valence-electron chi connectivity index (χ1n) is 6.96. The highest BCUT2D eigenvalue weighted by atomic mass is 32.2. The van der Waals surface area contributed by atoms with Gasteiger partial charge in [-0.15, -0.1) is 9.95 Å². The Morgan fingerprint density at radius 3 is 2.17 bits per heavy atom. The minimum absolute atomic E-state index is 0.241. The summed E-state index contributed by atoms with van der Waals surface area (Å²) in [5.74, 6) is -0.473. The maximum absolute atomic E-state index is 12.5. The van der Waals surface area contributed by atoms with E-state index in [0.29, 0.717) is 0 Å². The van der Waals surface area contributed by atoms with Crippen LogP contribution in [-0.4, -0.2) is 56.0 Å². The number of carbonyl (C=O) groups excluding carboxylic acids is 2. The molecule has 0 spiro atoms. The lowest BCUT2D eigenvalue weighted by atomic mass is 10.2. The van der Waals surface area contributed by atoms with E-state index >= 15 is 0 Å². The van der Waals surface area contributed by atoms with Crippen molar-refractivity contribution in [2.75, 3.05) is 20.4 Å². The van der Waals surface area contributed by atoms with E-state index in [1.54, 1.807) is 0 Å². The van der Waals surface area contributed by atoms with Crippen LogP contribution in [0.3, 0.4) is 0 Å². The summed E-state index contributed by atoms with van der Waals surface area (Å²) in [6, 6.07) is 8.40. The largest absolute Gasteiger partial charge is 0.370 e. The smallest absolute Gasteiger partial charge is 0.272 e. The van der Waals surface area contributed by atoms with E-state index in [2.05, 4.69) is 10.9 Å². The molecule has 1 aromatic carbocycles. The predicted octanol–water partition coefficient (Wildman–Crippen LogP) is -0.593. The van der Waals surface area contributed by atoms with Gasteiger partial charge in [0, 0.05) is 27.6 Å². The fourth-order valence-corrected chi connectivity index (χ4v) is 2.39. The van der Waals surface area contributed by atoms with Gasteiger partial charge in [0.05, 0.1) is 6.26 Å². The van der Waals surface area contributed by atoms with E-state index in [1.165, 1.54) is 21.0 Å². The maximum atomic E-state index is 12.5. The van der Waals surface area contributed by atoms with E-state index in [0.717, 1.165) is 27.1 Å². The second-order valence-corrected chi connectivity index (χ2v) is 6.62. The Morgan fingerprint density at radius 1 is 1.12 bits per heavy atom. The van der Waals surface area contributed by atoms with Crippen molar-refractivity contribution in [3.8, 4) is 0 Å². The molecule has 10 nitrogen and oxygen atoms in total. The number of amides is 3. The zero-order chi connectivity index (χ0) is 18.3. The Hall–Kier alpha value is -2.21. The van der Waals surface area contributed by atoms with Crippen molar-refractivity contribution in [2.24, 2.45) is 0 Å². The Bertz CT molecular complexity index is 666. The molecule has 0 fully saturated rings. The second kappa shape index (κ2) is 8.59. The third-order valence-electron chi connectivity index (χ3n) is 2.76. The number of sulfonamides is 1. The van der Waals surface area contributed by atoms with Gasteiger partial charge in [0.15, 0.2) is 0 Å². The van der Waals surface area contributed by atoms with Crippen molar-refractivity contribution in [3.63, 3.8) is 0 Å². The zero-order valence-corrected chi connectivity index (χ0v) is 14.8. The number of hydrazine groups is 4. The van der Waals surface area contributed by atoms with Gasteiger partial charge in [0.1, 0.15) is 0 Å². The van der Waals surface area contributed by atoms with Crippen LogP contribution in [0.4, 0.5) is 4.79 Å². The first kappa shape index (κ1) is 19.8. The molecule has 0 aromatic heterocycles. The zero-order valence-electron chi connectivity index (χ0n) is 14.0. The summed E-state index contributed by atoms with van der Waals surface area (Å²) in [4.78, 5) is 26.2. The van der Waals surface area contributed by atoms with Crippen molar-refractivity contribution in [1.82, 2.24) is 30.9 Å². The molecule has 1 aromatic rings. The molecule has 0 unspecified atom stereocenters. The molecular formula is C13H22N6O4S. The molecule has 0 saturated heterocycles. The lowest BCUT2D eigenvalue weighted by Crippen LogP contribution is -2.64. The molecule has 0 saturated carbocycles. The van der Waals surface area contributed by atoms with Crippen LogP contribution in [0.1, 0.15) is 12.5 Å². The monoisotopic (exact) mass is 358 g/mol. The van der Waals surface area contributed by atoms with Gasteiger partial charge in [-0.2, -0.15) is 5.12 Å². The molecule has 24 heavy (non-hydrogen) atoms. The number of nitrogens with one attached hydrogen (secondary N) is 3. The lowest BCUT2D eigenvalue weighted by molar-refractivity contribution is -0.155. The summed E-state index contributed by atoms with van der Waals surface area (Å²) in [7, 11) is -0.960. The number of urea groups is 1. The van der Waals surface area contributed by atoms with Crippen molar-refractivity contribution in [2.45, 2.75) is 13.5 Å². The van der Waals surface area contributed by atoms with Crippen LogP contribution in [0, 0.1) is 0 Å². The maximum Gasteiger partial charge on any atom is 0.370 e. The lowest BCUT2D eigenvalue weighted by Gasteiger charge is -2.35. The van der Waals surface area contributed by atoms with Crippen molar-refractivity contribution in [3.05, 3.63) is 35.9 Å². The molecule has 134 valence electrons. The number of nitrogens with zero attached hydrogens (tertiary/aromatic N) is 3. The van der Waals surface area contributed by atoms with Gasteiger partial charge in [-0.3, -0.25) is 4.79 Å². The van der Waals surface area contributed by atoms with Crippen LogP contribution < -0.4 is 15.7 Å². The summed E-state index contributed by atoms with van der Waals surface area (Å²) < 4.78 is 22.6. The highest BCUT2D eigenvalue weighted by Gasteiger charge is 2.27. The normalized spacial score (nSPS) is 11.0. The molecule has 1 rings (SSSR count). The summed E-state index contributed by atoms with van der Waals surface area (Å²) in [6.45, 7) is 1.50. The van der Waals surface area contributed by atoms with E-state index in [4.69, 9.17) is 0 Å². The highest BCUT2D eigenvalue weighted by molar-refractivity contribution is 7.88. The van der Waals surface area contributed by atoms with Gasteiger partial charge in [-0.05, 0) is 5.56 Å². The van der Waals surface area contributed by atoms with Gasteiger partial charge >= 0.3 is 6.03 Å². The first-order chi connectivity index (χ1) is 11.2. The van der Waals surface area contributed by atoms with E-state index in [9.17, 15) is 18.0 Å². The quantitative estimate of drug-likeness (QED) is 0.586. The van der Waals surface area contributed by atoms with E-state index in [-0.39, 0.29) is 6.54 Å². The van der Waals surface area contributed by atoms with Crippen LogP contribution in [0.15, 0.2) is 30.3 Å².